The second-order valence-corrected chi connectivity index (χ2v) is 8.76. The summed E-state index contributed by atoms with van der Waals surface area (Å²) in [5.74, 6) is -0.406. The van der Waals surface area contributed by atoms with E-state index in [-0.39, 0.29) is 29.8 Å². The number of aryl methyl sites for hydroxylation is 2. The van der Waals surface area contributed by atoms with Crippen molar-refractivity contribution in [1.82, 2.24) is 15.2 Å². The highest BCUT2D eigenvalue weighted by Gasteiger charge is 2.28. The molecule has 4 rings (SSSR count). The normalized spacial score (nSPS) is 18.8. The van der Waals surface area contributed by atoms with Crippen molar-refractivity contribution in [3.8, 4) is 0 Å². The van der Waals surface area contributed by atoms with Gasteiger partial charge < -0.3 is 20.5 Å². The molecule has 1 aliphatic heterocycles. The third kappa shape index (κ3) is 4.81. The van der Waals surface area contributed by atoms with Crippen LogP contribution in [0.15, 0.2) is 30.5 Å². The summed E-state index contributed by atoms with van der Waals surface area (Å²) in [5, 5.41) is 8.90. The van der Waals surface area contributed by atoms with Crippen molar-refractivity contribution in [1.29, 1.82) is 0 Å². The first kappa shape index (κ1) is 21.2. The zero-order chi connectivity index (χ0) is 22.0. The van der Waals surface area contributed by atoms with Crippen molar-refractivity contribution in [2.24, 2.45) is 0 Å². The summed E-state index contributed by atoms with van der Waals surface area (Å²) in [6.07, 6.45) is 7.69. The molecule has 0 spiro atoms. The Bertz CT molecular complexity index is 1000. The number of nitrogens with one attached hydrogen (secondary N) is 3. The van der Waals surface area contributed by atoms with Crippen molar-refractivity contribution < 1.29 is 14.4 Å². The van der Waals surface area contributed by atoms with E-state index < -0.39 is 0 Å². The molecule has 2 aromatic rings. The fourth-order valence-corrected chi connectivity index (χ4v) is 4.62. The van der Waals surface area contributed by atoms with E-state index in [0.717, 1.165) is 36.8 Å². The second-order valence-electron chi connectivity index (χ2n) is 8.76. The van der Waals surface area contributed by atoms with Gasteiger partial charge in [-0.2, -0.15) is 0 Å². The quantitative estimate of drug-likeness (QED) is 0.689. The zero-order valence-electron chi connectivity index (χ0n) is 18.2. The Labute approximate surface area is 182 Å². The molecule has 0 bridgehead atoms. The molecule has 164 valence electrons. The van der Waals surface area contributed by atoms with Gasteiger partial charge in [0.15, 0.2) is 0 Å². The van der Waals surface area contributed by atoms with Crippen LogP contribution in [-0.2, 0) is 4.79 Å². The fraction of sp³-hybridized carbons (Fsp3) is 0.458. The first-order valence-corrected chi connectivity index (χ1v) is 11.1. The van der Waals surface area contributed by atoms with Crippen molar-refractivity contribution >= 4 is 23.4 Å². The number of fused-ring (bicyclic) bond motifs is 1. The summed E-state index contributed by atoms with van der Waals surface area (Å²) < 4.78 is 1.82. The Morgan fingerprint density at radius 3 is 2.65 bits per heavy atom. The smallest absolute Gasteiger partial charge is 0.268 e. The Morgan fingerprint density at radius 2 is 1.90 bits per heavy atom. The van der Waals surface area contributed by atoms with Crippen molar-refractivity contribution in [2.45, 2.75) is 64.5 Å². The van der Waals surface area contributed by atoms with Crippen LogP contribution >= 0.6 is 0 Å². The van der Waals surface area contributed by atoms with E-state index in [4.69, 9.17) is 0 Å². The van der Waals surface area contributed by atoms with Crippen LogP contribution in [-0.4, -0.2) is 34.9 Å². The molecule has 2 aliphatic rings. The van der Waals surface area contributed by atoms with E-state index >= 15 is 0 Å². The van der Waals surface area contributed by atoms with E-state index in [0.29, 0.717) is 29.9 Å². The summed E-state index contributed by atoms with van der Waals surface area (Å²) in [4.78, 5) is 37.7. The van der Waals surface area contributed by atoms with Crippen LogP contribution in [0.3, 0.4) is 0 Å². The molecule has 1 aromatic carbocycles. The highest BCUT2D eigenvalue weighted by molar-refractivity contribution is 6.06. The number of amides is 3. The van der Waals surface area contributed by atoms with Crippen LogP contribution in [0.4, 0.5) is 5.69 Å². The molecule has 1 fully saturated rings. The summed E-state index contributed by atoms with van der Waals surface area (Å²) in [5.41, 5.74) is 3.60. The first-order valence-electron chi connectivity index (χ1n) is 11.1. The lowest BCUT2D eigenvalue weighted by molar-refractivity contribution is -0.122. The lowest BCUT2D eigenvalue weighted by atomic mass is 9.95. The molecule has 1 saturated carbocycles. The molecular formula is C24H30N4O3. The third-order valence-electron chi connectivity index (χ3n) is 6.25. The molecule has 3 N–H and O–H groups in total. The van der Waals surface area contributed by atoms with Crippen molar-refractivity contribution in [2.75, 3.05) is 11.9 Å². The molecule has 3 amide bonds. The van der Waals surface area contributed by atoms with E-state index in [1.165, 1.54) is 6.42 Å². The Balaban J connectivity index is 1.46. The summed E-state index contributed by atoms with van der Waals surface area (Å²) in [7, 11) is 0. The molecule has 2 heterocycles. The van der Waals surface area contributed by atoms with Gasteiger partial charge >= 0.3 is 0 Å². The molecule has 31 heavy (non-hydrogen) atoms. The van der Waals surface area contributed by atoms with Gasteiger partial charge in [-0.1, -0.05) is 37.0 Å². The SMILES string of the molecule is Cc1ccc(C(=O)Nc2cc3n(c2)C(CC(=O)NC2CCCCC2)CNC3=O)c(C)c1. The average molecular weight is 423 g/mol. The van der Waals surface area contributed by atoms with Crippen LogP contribution in [0.1, 0.15) is 76.5 Å². The molecule has 7 nitrogen and oxygen atoms in total. The van der Waals surface area contributed by atoms with Crippen LogP contribution < -0.4 is 16.0 Å². The molecule has 1 atom stereocenters. The minimum atomic E-state index is -0.215. The average Bonchev–Trinajstić information content (AvgIpc) is 3.15. The van der Waals surface area contributed by atoms with Gasteiger partial charge in [0.1, 0.15) is 5.69 Å². The number of rotatable bonds is 5. The number of hydrogen-bond donors (Lipinski definition) is 3. The van der Waals surface area contributed by atoms with Gasteiger partial charge in [-0.15, -0.1) is 0 Å². The predicted molar refractivity (Wildman–Crippen MR) is 119 cm³/mol. The van der Waals surface area contributed by atoms with E-state index in [9.17, 15) is 14.4 Å². The number of aromatic nitrogens is 1. The molecule has 1 aliphatic carbocycles. The maximum Gasteiger partial charge on any atom is 0.268 e. The molecular weight excluding hydrogens is 392 g/mol. The Kier molecular flexibility index (Phi) is 6.11. The minimum Gasteiger partial charge on any atom is -0.353 e. The number of anilines is 1. The maximum absolute atomic E-state index is 12.7. The first-order chi connectivity index (χ1) is 14.9. The van der Waals surface area contributed by atoms with Gasteiger partial charge in [0.05, 0.1) is 11.7 Å². The fourth-order valence-electron chi connectivity index (χ4n) is 4.62. The van der Waals surface area contributed by atoms with Gasteiger partial charge in [0, 0.05) is 30.8 Å². The van der Waals surface area contributed by atoms with Gasteiger partial charge in [-0.05, 0) is 44.4 Å². The third-order valence-corrected chi connectivity index (χ3v) is 6.25. The number of carbonyl (C=O) groups excluding carboxylic acids is 3. The van der Waals surface area contributed by atoms with Gasteiger partial charge in [0.2, 0.25) is 5.91 Å². The molecule has 7 heteroatoms. The lowest BCUT2D eigenvalue weighted by Crippen LogP contribution is -2.42. The standard InChI is InChI=1S/C24H30N4O3/c1-15-8-9-20(16(2)10-15)23(30)27-18-11-21-24(31)25-13-19(28(21)14-18)12-22(29)26-17-6-4-3-5-7-17/h8-11,14,17,19H,3-7,12-13H2,1-2H3,(H,25,31)(H,26,29)(H,27,30). The van der Waals surface area contributed by atoms with Gasteiger partial charge in [-0.3, -0.25) is 14.4 Å². The minimum absolute atomic E-state index is 0.00793. The van der Waals surface area contributed by atoms with Crippen LogP contribution in [0.25, 0.3) is 0 Å². The van der Waals surface area contributed by atoms with Crippen molar-refractivity contribution in [3.63, 3.8) is 0 Å². The van der Waals surface area contributed by atoms with Crippen LogP contribution in [0, 0.1) is 13.8 Å². The molecule has 0 radical (unpaired) electrons. The van der Waals surface area contributed by atoms with Gasteiger partial charge in [0.25, 0.3) is 11.8 Å². The van der Waals surface area contributed by atoms with E-state index in [2.05, 4.69) is 16.0 Å². The van der Waals surface area contributed by atoms with Crippen molar-refractivity contribution in [3.05, 3.63) is 52.8 Å². The van der Waals surface area contributed by atoms with E-state index in [1.807, 2.05) is 30.5 Å². The largest absolute Gasteiger partial charge is 0.353 e. The molecule has 1 aromatic heterocycles. The summed E-state index contributed by atoms with van der Waals surface area (Å²) >= 11 is 0. The van der Waals surface area contributed by atoms with Crippen LogP contribution in [0.5, 0.6) is 0 Å². The summed E-state index contributed by atoms with van der Waals surface area (Å²) in [6.45, 7) is 4.28. The topological polar surface area (TPSA) is 92.2 Å². The predicted octanol–water partition coefficient (Wildman–Crippen LogP) is 3.48. The Hall–Kier alpha value is -3.09. The maximum atomic E-state index is 12.7. The highest BCUT2D eigenvalue weighted by atomic mass is 16.2. The molecule has 1 unspecified atom stereocenters. The Morgan fingerprint density at radius 1 is 1.13 bits per heavy atom. The van der Waals surface area contributed by atoms with Gasteiger partial charge in [-0.25, -0.2) is 0 Å². The number of carbonyl (C=O) groups is 3. The number of benzene rings is 1. The van der Waals surface area contributed by atoms with Crippen LogP contribution in [0.2, 0.25) is 0 Å². The number of nitrogens with zero attached hydrogens (tertiary/aromatic N) is 1. The lowest BCUT2D eigenvalue weighted by Gasteiger charge is -2.28. The highest BCUT2D eigenvalue weighted by Crippen LogP contribution is 2.26. The van der Waals surface area contributed by atoms with E-state index in [1.54, 1.807) is 18.3 Å². The zero-order valence-corrected chi connectivity index (χ0v) is 18.2. The number of hydrogen-bond acceptors (Lipinski definition) is 3. The monoisotopic (exact) mass is 422 g/mol. The molecule has 0 saturated heterocycles. The second kappa shape index (κ2) is 8.96. The summed E-state index contributed by atoms with van der Waals surface area (Å²) in [6, 6.07) is 7.43.